The van der Waals surface area contributed by atoms with Crippen molar-refractivity contribution in [3.05, 3.63) is 35.4 Å². The van der Waals surface area contributed by atoms with Gasteiger partial charge in [-0.3, -0.25) is 0 Å². The highest BCUT2D eigenvalue weighted by atomic mass is 16.5. The molecule has 5 heteroatoms. The molecule has 0 atom stereocenters. The van der Waals surface area contributed by atoms with Gasteiger partial charge in [-0.05, 0) is 11.1 Å². The average Bonchev–Trinajstić information content (AvgIpc) is 2.46. The molecule has 108 valence electrons. The largest absolute Gasteiger partial charge is 0.392 e. The van der Waals surface area contributed by atoms with Crippen LogP contribution in [0, 0.1) is 0 Å². The van der Waals surface area contributed by atoms with E-state index >= 15 is 0 Å². The molecule has 0 saturated carbocycles. The predicted octanol–water partition coefficient (Wildman–Crippen LogP) is 0.687. The lowest BCUT2D eigenvalue weighted by Crippen LogP contribution is -2.13. The van der Waals surface area contributed by atoms with E-state index in [1.807, 2.05) is 24.3 Å². The van der Waals surface area contributed by atoms with E-state index < -0.39 is 0 Å². The van der Waals surface area contributed by atoms with Crippen molar-refractivity contribution in [2.24, 2.45) is 5.73 Å². The van der Waals surface area contributed by atoms with Gasteiger partial charge in [0.05, 0.1) is 46.2 Å². The van der Waals surface area contributed by atoms with Gasteiger partial charge in [0.1, 0.15) is 0 Å². The third-order valence-corrected chi connectivity index (χ3v) is 2.48. The van der Waals surface area contributed by atoms with Gasteiger partial charge in [-0.25, -0.2) is 0 Å². The van der Waals surface area contributed by atoms with Gasteiger partial charge >= 0.3 is 0 Å². The molecule has 0 aliphatic heterocycles. The zero-order valence-electron chi connectivity index (χ0n) is 11.2. The quantitative estimate of drug-likeness (QED) is 0.578. The van der Waals surface area contributed by atoms with Crippen molar-refractivity contribution >= 4 is 0 Å². The first-order valence-electron chi connectivity index (χ1n) is 6.49. The molecule has 0 aliphatic rings. The number of hydrogen-bond donors (Lipinski definition) is 2. The van der Waals surface area contributed by atoms with Crippen LogP contribution >= 0.6 is 0 Å². The minimum atomic E-state index is 0.0706. The number of ether oxygens (including phenoxy) is 3. The number of hydrogen-bond acceptors (Lipinski definition) is 5. The average molecular weight is 269 g/mol. The first kappa shape index (κ1) is 16.1. The molecular formula is C14H23NO4. The number of benzene rings is 1. The van der Waals surface area contributed by atoms with Crippen LogP contribution in [0.5, 0.6) is 0 Å². The van der Waals surface area contributed by atoms with E-state index in [1.165, 1.54) is 0 Å². The zero-order chi connectivity index (χ0) is 13.8. The second-order valence-corrected chi connectivity index (χ2v) is 4.04. The van der Waals surface area contributed by atoms with E-state index in [0.29, 0.717) is 46.2 Å². The zero-order valence-corrected chi connectivity index (χ0v) is 11.2. The lowest BCUT2D eigenvalue weighted by molar-refractivity contribution is 0.0119. The van der Waals surface area contributed by atoms with E-state index in [0.717, 1.165) is 11.1 Å². The Bertz CT molecular complexity index is 316. The Morgan fingerprint density at radius 2 is 1.32 bits per heavy atom. The summed E-state index contributed by atoms with van der Waals surface area (Å²) < 4.78 is 16.0. The standard InChI is InChI=1S/C14H23NO4/c15-5-6-17-7-8-18-9-10-19-12-14-3-1-13(11-16)2-4-14/h1-4,16H,5-12,15H2. The number of aliphatic hydroxyl groups excluding tert-OH is 1. The highest BCUT2D eigenvalue weighted by Crippen LogP contribution is 2.05. The van der Waals surface area contributed by atoms with Crippen LogP contribution in [-0.4, -0.2) is 44.7 Å². The first-order chi connectivity index (χ1) is 9.36. The van der Waals surface area contributed by atoms with Crippen LogP contribution in [0.15, 0.2) is 24.3 Å². The summed E-state index contributed by atoms with van der Waals surface area (Å²) in [6.45, 7) is 3.98. The predicted molar refractivity (Wildman–Crippen MR) is 72.7 cm³/mol. The van der Waals surface area contributed by atoms with Gasteiger partial charge < -0.3 is 25.1 Å². The molecule has 1 rings (SSSR count). The normalized spacial score (nSPS) is 10.8. The van der Waals surface area contributed by atoms with Crippen molar-refractivity contribution in [3.8, 4) is 0 Å². The van der Waals surface area contributed by atoms with Crippen LogP contribution in [0.4, 0.5) is 0 Å². The van der Waals surface area contributed by atoms with Crippen molar-refractivity contribution in [2.45, 2.75) is 13.2 Å². The summed E-state index contributed by atoms with van der Waals surface area (Å²) in [4.78, 5) is 0. The third-order valence-electron chi connectivity index (χ3n) is 2.48. The van der Waals surface area contributed by atoms with Crippen LogP contribution in [-0.2, 0) is 27.4 Å². The molecule has 0 amide bonds. The van der Waals surface area contributed by atoms with Gasteiger partial charge in [0.2, 0.25) is 0 Å². The van der Waals surface area contributed by atoms with Crippen molar-refractivity contribution in [1.29, 1.82) is 0 Å². The topological polar surface area (TPSA) is 73.9 Å². The summed E-state index contributed by atoms with van der Waals surface area (Å²) in [5, 5.41) is 8.91. The Morgan fingerprint density at radius 3 is 1.89 bits per heavy atom. The highest BCUT2D eigenvalue weighted by molar-refractivity contribution is 5.21. The Labute approximate surface area is 114 Å². The Kier molecular flexibility index (Phi) is 9.22. The van der Waals surface area contributed by atoms with Crippen LogP contribution < -0.4 is 5.73 Å². The Balaban J connectivity index is 1.95. The summed E-state index contributed by atoms with van der Waals surface area (Å²) in [7, 11) is 0. The Hall–Kier alpha value is -0.980. The van der Waals surface area contributed by atoms with Gasteiger partial charge in [-0.1, -0.05) is 24.3 Å². The van der Waals surface area contributed by atoms with Crippen LogP contribution in [0.1, 0.15) is 11.1 Å². The maximum absolute atomic E-state index is 8.91. The maximum atomic E-state index is 8.91. The lowest BCUT2D eigenvalue weighted by Gasteiger charge is -2.07. The second-order valence-electron chi connectivity index (χ2n) is 4.04. The fourth-order valence-electron chi connectivity index (χ4n) is 1.45. The van der Waals surface area contributed by atoms with Gasteiger partial charge in [0.15, 0.2) is 0 Å². The monoisotopic (exact) mass is 269 g/mol. The molecule has 0 heterocycles. The van der Waals surface area contributed by atoms with E-state index in [2.05, 4.69) is 0 Å². The molecule has 3 N–H and O–H groups in total. The molecule has 0 aromatic heterocycles. The highest BCUT2D eigenvalue weighted by Gasteiger charge is 1.95. The summed E-state index contributed by atoms with van der Waals surface area (Å²) in [5.41, 5.74) is 7.28. The van der Waals surface area contributed by atoms with Crippen LogP contribution in [0.25, 0.3) is 0 Å². The van der Waals surface area contributed by atoms with Crippen LogP contribution in [0.2, 0.25) is 0 Å². The molecule has 0 spiro atoms. The van der Waals surface area contributed by atoms with E-state index in [9.17, 15) is 0 Å². The fourth-order valence-corrected chi connectivity index (χ4v) is 1.45. The number of nitrogens with two attached hydrogens (primary N) is 1. The van der Waals surface area contributed by atoms with E-state index in [1.54, 1.807) is 0 Å². The fraction of sp³-hybridized carbons (Fsp3) is 0.571. The minimum Gasteiger partial charge on any atom is -0.392 e. The molecule has 0 radical (unpaired) electrons. The molecule has 19 heavy (non-hydrogen) atoms. The smallest absolute Gasteiger partial charge is 0.0718 e. The SMILES string of the molecule is NCCOCCOCCOCc1ccc(CO)cc1. The third kappa shape index (κ3) is 7.92. The summed E-state index contributed by atoms with van der Waals surface area (Å²) >= 11 is 0. The molecule has 1 aromatic rings. The minimum absolute atomic E-state index is 0.0706. The van der Waals surface area contributed by atoms with E-state index in [-0.39, 0.29) is 6.61 Å². The summed E-state index contributed by atoms with van der Waals surface area (Å²) in [5.74, 6) is 0. The van der Waals surface area contributed by atoms with Crippen molar-refractivity contribution in [1.82, 2.24) is 0 Å². The lowest BCUT2D eigenvalue weighted by atomic mass is 10.1. The Morgan fingerprint density at radius 1 is 0.789 bits per heavy atom. The van der Waals surface area contributed by atoms with Crippen LogP contribution in [0.3, 0.4) is 0 Å². The molecule has 0 bridgehead atoms. The molecule has 0 aliphatic carbocycles. The molecular weight excluding hydrogens is 246 g/mol. The second kappa shape index (κ2) is 10.9. The molecule has 0 saturated heterocycles. The van der Waals surface area contributed by atoms with Gasteiger partial charge in [-0.15, -0.1) is 0 Å². The van der Waals surface area contributed by atoms with Gasteiger partial charge in [0.25, 0.3) is 0 Å². The van der Waals surface area contributed by atoms with Crippen molar-refractivity contribution in [3.63, 3.8) is 0 Å². The van der Waals surface area contributed by atoms with Crippen molar-refractivity contribution < 1.29 is 19.3 Å². The van der Waals surface area contributed by atoms with E-state index in [4.69, 9.17) is 25.1 Å². The first-order valence-corrected chi connectivity index (χ1v) is 6.49. The van der Waals surface area contributed by atoms with Gasteiger partial charge in [-0.2, -0.15) is 0 Å². The maximum Gasteiger partial charge on any atom is 0.0718 e. The molecule has 0 unspecified atom stereocenters. The summed E-state index contributed by atoms with van der Waals surface area (Å²) in [6.07, 6.45) is 0. The molecule has 0 fully saturated rings. The summed E-state index contributed by atoms with van der Waals surface area (Å²) in [6, 6.07) is 7.69. The number of rotatable bonds is 11. The number of aliphatic hydroxyl groups is 1. The van der Waals surface area contributed by atoms with Gasteiger partial charge in [0, 0.05) is 6.54 Å². The van der Waals surface area contributed by atoms with Crippen molar-refractivity contribution in [2.75, 3.05) is 39.6 Å². The molecule has 5 nitrogen and oxygen atoms in total. The molecule has 1 aromatic carbocycles.